The van der Waals surface area contributed by atoms with Crippen molar-refractivity contribution in [3.63, 3.8) is 0 Å². The minimum atomic E-state index is -4.63. The molecule has 0 saturated heterocycles. The molecule has 2 aromatic rings. The van der Waals surface area contributed by atoms with Gasteiger partial charge in [0.1, 0.15) is 18.5 Å². The Labute approximate surface area is 175 Å². The Morgan fingerprint density at radius 1 is 1.23 bits per heavy atom. The van der Waals surface area contributed by atoms with Crippen molar-refractivity contribution in [1.29, 1.82) is 0 Å². The van der Waals surface area contributed by atoms with Crippen molar-refractivity contribution >= 4 is 33.7 Å². The van der Waals surface area contributed by atoms with E-state index in [1.165, 1.54) is 12.1 Å². The van der Waals surface area contributed by atoms with Crippen LogP contribution in [0.15, 0.2) is 35.1 Å². The van der Waals surface area contributed by atoms with Crippen molar-refractivity contribution in [1.82, 2.24) is 14.9 Å². The molecule has 0 bridgehead atoms. The van der Waals surface area contributed by atoms with E-state index < -0.39 is 48.0 Å². The Morgan fingerprint density at radius 2 is 1.87 bits per heavy atom. The Morgan fingerprint density at radius 3 is 2.40 bits per heavy atom. The fourth-order valence-electron chi connectivity index (χ4n) is 2.59. The quantitative estimate of drug-likeness (QED) is 0.621. The summed E-state index contributed by atoms with van der Waals surface area (Å²) in [6.07, 6.45) is -4.47. The third-order valence-electron chi connectivity index (χ3n) is 4.31. The van der Waals surface area contributed by atoms with E-state index in [0.717, 1.165) is 11.0 Å². The fourth-order valence-corrected chi connectivity index (χ4v) is 2.84. The molecule has 1 aromatic heterocycles. The van der Waals surface area contributed by atoms with Crippen LogP contribution in [0.4, 0.5) is 27.9 Å². The van der Waals surface area contributed by atoms with Gasteiger partial charge in [0.2, 0.25) is 11.9 Å². The molecule has 1 unspecified atom stereocenters. The first-order valence-electron chi connectivity index (χ1n) is 8.62. The first-order valence-corrected chi connectivity index (χ1v) is 9.41. The molecule has 1 aliphatic carbocycles. The number of nitrogens with zero attached hydrogens (tertiary/aromatic N) is 3. The number of nitrogens with one attached hydrogen (secondary N) is 1. The number of hydrogen-bond donors (Lipinski definition) is 1. The number of carbonyl (C=O) groups is 2. The molecule has 1 saturated carbocycles. The van der Waals surface area contributed by atoms with Gasteiger partial charge in [-0.3, -0.25) is 14.9 Å². The molecule has 1 aromatic carbocycles. The molecule has 2 amide bonds. The van der Waals surface area contributed by atoms with Gasteiger partial charge in [-0.1, -0.05) is 0 Å². The largest absolute Gasteiger partial charge is 0.419 e. The monoisotopic (exact) mass is 492 g/mol. The van der Waals surface area contributed by atoms with Crippen LogP contribution in [0.1, 0.15) is 22.3 Å². The fraction of sp³-hybridized carbons (Fsp3) is 0.333. The van der Waals surface area contributed by atoms with Crippen molar-refractivity contribution in [2.75, 3.05) is 18.4 Å². The van der Waals surface area contributed by atoms with Crippen LogP contribution in [0.25, 0.3) is 0 Å². The van der Waals surface area contributed by atoms with Crippen molar-refractivity contribution in [3.05, 3.63) is 52.0 Å². The van der Waals surface area contributed by atoms with E-state index in [4.69, 9.17) is 0 Å². The second kappa shape index (κ2) is 8.62. The Bertz CT molecular complexity index is 955. The van der Waals surface area contributed by atoms with E-state index in [1.807, 2.05) is 0 Å². The van der Waals surface area contributed by atoms with Gasteiger partial charge in [-0.15, -0.1) is 0 Å². The summed E-state index contributed by atoms with van der Waals surface area (Å²) in [5.41, 5.74) is -1.12. The second-order valence-electron chi connectivity index (χ2n) is 6.67. The van der Waals surface area contributed by atoms with E-state index in [1.54, 1.807) is 0 Å². The van der Waals surface area contributed by atoms with Gasteiger partial charge < -0.3 is 4.90 Å². The summed E-state index contributed by atoms with van der Waals surface area (Å²) < 4.78 is 64.9. The average Bonchev–Trinajstić information content (AvgIpc) is 3.37. The number of rotatable bonds is 6. The van der Waals surface area contributed by atoms with Crippen LogP contribution in [0.2, 0.25) is 0 Å². The molecule has 0 radical (unpaired) electrons. The van der Waals surface area contributed by atoms with Crippen LogP contribution in [-0.4, -0.2) is 45.9 Å². The number of amides is 2. The zero-order valence-electron chi connectivity index (χ0n) is 15.1. The summed E-state index contributed by atoms with van der Waals surface area (Å²) in [7, 11) is 0. The molecule has 12 heteroatoms. The summed E-state index contributed by atoms with van der Waals surface area (Å²) in [5, 5.41) is 2.19. The molecule has 160 valence electrons. The molecular formula is C18H14BrF5N4O2. The molecule has 30 heavy (non-hydrogen) atoms. The molecule has 1 heterocycles. The predicted molar refractivity (Wildman–Crippen MR) is 98.7 cm³/mol. The SMILES string of the molecule is O=C(CN(CC1C[C@H]1F)C(=O)c1ccc(Br)c(F)c1)Nc1ncc(C(F)(F)F)cn1. The third kappa shape index (κ3) is 5.49. The Kier molecular flexibility index (Phi) is 6.34. The maximum atomic E-state index is 13.8. The van der Waals surface area contributed by atoms with Crippen LogP contribution in [0, 0.1) is 11.7 Å². The Hall–Kier alpha value is -2.63. The van der Waals surface area contributed by atoms with E-state index in [9.17, 15) is 31.5 Å². The summed E-state index contributed by atoms with van der Waals surface area (Å²) in [5.74, 6) is -2.99. The molecule has 1 aliphatic rings. The zero-order valence-corrected chi connectivity index (χ0v) is 16.7. The predicted octanol–water partition coefficient (Wildman–Crippen LogP) is 3.84. The van der Waals surface area contributed by atoms with Gasteiger partial charge in [0.15, 0.2) is 0 Å². The topological polar surface area (TPSA) is 75.2 Å². The van der Waals surface area contributed by atoms with E-state index >= 15 is 0 Å². The summed E-state index contributed by atoms with van der Waals surface area (Å²) in [6, 6.07) is 3.65. The lowest BCUT2D eigenvalue weighted by Crippen LogP contribution is -2.39. The lowest BCUT2D eigenvalue weighted by Gasteiger charge is -2.22. The first kappa shape index (κ1) is 22.1. The second-order valence-corrected chi connectivity index (χ2v) is 7.52. The summed E-state index contributed by atoms with van der Waals surface area (Å²) >= 11 is 2.97. The van der Waals surface area contributed by atoms with Gasteiger partial charge in [0, 0.05) is 30.4 Å². The number of benzene rings is 1. The zero-order chi connectivity index (χ0) is 22.1. The lowest BCUT2D eigenvalue weighted by atomic mass is 10.2. The van der Waals surface area contributed by atoms with Gasteiger partial charge in [-0.2, -0.15) is 13.2 Å². The van der Waals surface area contributed by atoms with Gasteiger partial charge in [0.05, 0.1) is 10.0 Å². The number of carbonyl (C=O) groups excluding carboxylic acids is 2. The molecule has 1 N–H and O–H groups in total. The van der Waals surface area contributed by atoms with Gasteiger partial charge in [-0.25, -0.2) is 18.7 Å². The highest BCUT2D eigenvalue weighted by molar-refractivity contribution is 9.10. The standard InChI is InChI=1S/C18H14BrF5N4O2/c19-12-2-1-9(3-14(12)21)16(30)28(7-10-4-13(10)20)8-15(29)27-17-25-5-11(6-26-17)18(22,23)24/h1-3,5-6,10,13H,4,7-8H2,(H,25,26,27,29)/t10?,13-/m1/s1. The number of alkyl halides is 4. The summed E-state index contributed by atoms with van der Waals surface area (Å²) in [4.78, 5) is 32.9. The molecular weight excluding hydrogens is 479 g/mol. The minimum Gasteiger partial charge on any atom is -0.329 e. The maximum absolute atomic E-state index is 13.8. The molecule has 0 spiro atoms. The molecule has 2 atom stereocenters. The van der Waals surface area contributed by atoms with E-state index in [0.29, 0.717) is 12.4 Å². The van der Waals surface area contributed by atoms with Gasteiger partial charge in [0.25, 0.3) is 5.91 Å². The normalized spacial score (nSPS) is 18.1. The number of anilines is 1. The van der Waals surface area contributed by atoms with Crippen molar-refractivity contribution < 1.29 is 31.5 Å². The molecule has 1 fully saturated rings. The molecule has 0 aliphatic heterocycles. The first-order chi connectivity index (χ1) is 14.0. The van der Waals surface area contributed by atoms with E-state index in [-0.39, 0.29) is 29.0 Å². The van der Waals surface area contributed by atoms with Crippen LogP contribution in [-0.2, 0) is 11.0 Å². The molecule has 3 rings (SSSR count). The summed E-state index contributed by atoms with van der Waals surface area (Å²) in [6.45, 7) is -0.608. The van der Waals surface area contributed by atoms with Crippen LogP contribution < -0.4 is 5.32 Å². The maximum Gasteiger partial charge on any atom is 0.419 e. The molecule has 6 nitrogen and oxygen atoms in total. The number of halogens is 6. The van der Waals surface area contributed by atoms with Crippen molar-refractivity contribution in [3.8, 4) is 0 Å². The highest BCUT2D eigenvalue weighted by Gasteiger charge is 2.40. The smallest absolute Gasteiger partial charge is 0.329 e. The highest BCUT2D eigenvalue weighted by atomic mass is 79.9. The van der Waals surface area contributed by atoms with Crippen molar-refractivity contribution in [2.45, 2.75) is 18.8 Å². The third-order valence-corrected chi connectivity index (χ3v) is 4.95. The lowest BCUT2D eigenvalue weighted by molar-refractivity contribution is -0.138. The minimum absolute atomic E-state index is 0.0367. The van der Waals surface area contributed by atoms with Gasteiger partial charge >= 0.3 is 6.18 Å². The van der Waals surface area contributed by atoms with Crippen LogP contribution >= 0.6 is 15.9 Å². The van der Waals surface area contributed by atoms with E-state index in [2.05, 4.69) is 31.2 Å². The van der Waals surface area contributed by atoms with Crippen molar-refractivity contribution in [2.24, 2.45) is 5.92 Å². The van der Waals surface area contributed by atoms with Gasteiger partial charge in [-0.05, 0) is 40.5 Å². The average molecular weight is 493 g/mol. The number of aromatic nitrogens is 2. The highest BCUT2D eigenvalue weighted by Crippen LogP contribution is 2.34. The van der Waals surface area contributed by atoms with Crippen LogP contribution in [0.3, 0.4) is 0 Å². The number of hydrogen-bond acceptors (Lipinski definition) is 4. The Balaban J connectivity index is 1.70. The van der Waals surface area contributed by atoms with Crippen LogP contribution in [0.5, 0.6) is 0 Å².